The van der Waals surface area contributed by atoms with E-state index in [1.807, 2.05) is 25.1 Å². The number of H-pyrrole nitrogens is 1. The number of hydrogen-bond acceptors (Lipinski definition) is 5. The highest BCUT2D eigenvalue weighted by Crippen LogP contribution is 2.28. The molecule has 23 heavy (non-hydrogen) atoms. The molecule has 2 aromatic rings. The number of nitrogens with one attached hydrogen (secondary N) is 2. The van der Waals surface area contributed by atoms with Gasteiger partial charge in [-0.25, -0.2) is 5.10 Å². The Labute approximate surface area is 133 Å². The third kappa shape index (κ3) is 4.57. The molecule has 7 nitrogen and oxygen atoms in total. The average molecular weight is 317 g/mol. The fourth-order valence-corrected chi connectivity index (χ4v) is 1.90. The first-order valence-corrected chi connectivity index (χ1v) is 7.27. The Balaban J connectivity index is 2.01. The summed E-state index contributed by atoms with van der Waals surface area (Å²) in [5.41, 5.74) is 0.664. The van der Waals surface area contributed by atoms with Crippen LogP contribution < -0.4 is 20.3 Å². The smallest absolute Gasteiger partial charge is 0.271 e. The number of ether oxygens (including phenoxy) is 2. The lowest BCUT2D eigenvalue weighted by molar-refractivity contribution is 0.0944. The van der Waals surface area contributed by atoms with Crippen LogP contribution in [0.4, 0.5) is 0 Å². The van der Waals surface area contributed by atoms with Gasteiger partial charge in [-0.05, 0) is 30.2 Å². The highest BCUT2D eigenvalue weighted by atomic mass is 16.5. The predicted molar refractivity (Wildman–Crippen MR) is 84.8 cm³/mol. The number of amides is 1. The van der Waals surface area contributed by atoms with E-state index in [1.165, 1.54) is 12.1 Å². The van der Waals surface area contributed by atoms with Gasteiger partial charge >= 0.3 is 0 Å². The van der Waals surface area contributed by atoms with E-state index in [0.717, 1.165) is 12.0 Å². The van der Waals surface area contributed by atoms with Gasteiger partial charge in [0.25, 0.3) is 11.5 Å². The van der Waals surface area contributed by atoms with Crippen molar-refractivity contribution in [1.29, 1.82) is 0 Å². The minimum absolute atomic E-state index is 0.152. The number of aromatic nitrogens is 2. The first-order chi connectivity index (χ1) is 11.1. The summed E-state index contributed by atoms with van der Waals surface area (Å²) in [7, 11) is 1.57. The third-order valence-electron chi connectivity index (χ3n) is 3.05. The molecule has 122 valence electrons. The molecule has 0 radical (unpaired) electrons. The fraction of sp³-hybridized carbons (Fsp3) is 0.312. The second-order valence-corrected chi connectivity index (χ2v) is 4.82. The van der Waals surface area contributed by atoms with E-state index in [9.17, 15) is 9.59 Å². The van der Waals surface area contributed by atoms with Gasteiger partial charge in [0, 0.05) is 12.6 Å². The molecule has 0 fully saturated rings. The Morgan fingerprint density at radius 1 is 1.26 bits per heavy atom. The van der Waals surface area contributed by atoms with Crippen LogP contribution >= 0.6 is 0 Å². The lowest BCUT2D eigenvalue weighted by atomic mass is 10.2. The third-order valence-corrected chi connectivity index (χ3v) is 3.05. The Morgan fingerprint density at radius 2 is 2.09 bits per heavy atom. The number of methoxy groups -OCH3 is 1. The van der Waals surface area contributed by atoms with E-state index in [-0.39, 0.29) is 17.2 Å². The van der Waals surface area contributed by atoms with Gasteiger partial charge in [0.2, 0.25) is 0 Å². The molecule has 0 atom stereocenters. The molecule has 2 N–H and O–H groups in total. The Kier molecular flexibility index (Phi) is 5.74. The maximum absolute atomic E-state index is 11.9. The number of benzene rings is 1. The van der Waals surface area contributed by atoms with Crippen LogP contribution in [0.1, 0.15) is 29.4 Å². The first kappa shape index (κ1) is 16.5. The van der Waals surface area contributed by atoms with E-state index >= 15 is 0 Å². The molecule has 7 heteroatoms. The monoisotopic (exact) mass is 317 g/mol. The van der Waals surface area contributed by atoms with E-state index in [0.29, 0.717) is 24.7 Å². The summed E-state index contributed by atoms with van der Waals surface area (Å²) in [6, 6.07) is 8.11. The van der Waals surface area contributed by atoms with Crippen molar-refractivity contribution in [2.24, 2.45) is 0 Å². The lowest BCUT2D eigenvalue weighted by Crippen LogP contribution is -2.25. The van der Waals surface area contributed by atoms with E-state index in [4.69, 9.17) is 9.47 Å². The Bertz CT molecular complexity index is 707. The van der Waals surface area contributed by atoms with Crippen LogP contribution in [-0.2, 0) is 6.54 Å². The quantitative estimate of drug-likeness (QED) is 0.807. The molecule has 0 saturated carbocycles. The molecule has 1 aromatic carbocycles. The summed E-state index contributed by atoms with van der Waals surface area (Å²) >= 11 is 0. The summed E-state index contributed by atoms with van der Waals surface area (Å²) in [5, 5.41) is 8.63. The van der Waals surface area contributed by atoms with Gasteiger partial charge in [-0.3, -0.25) is 9.59 Å². The summed E-state index contributed by atoms with van der Waals surface area (Å²) < 4.78 is 10.9. The van der Waals surface area contributed by atoms with Crippen LogP contribution in [0, 0.1) is 0 Å². The number of rotatable bonds is 7. The topological polar surface area (TPSA) is 93.3 Å². The number of hydrogen-bond donors (Lipinski definition) is 2. The standard InChI is InChI=1S/C16H19N3O4/c1-3-8-23-13-6-4-11(9-14(13)22-2)10-17-16(21)12-5-7-15(20)19-18-12/h4-7,9H,3,8,10H2,1-2H3,(H,17,21)(H,19,20). The molecule has 0 aliphatic rings. The van der Waals surface area contributed by atoms with Gasteiger partial charge in [-0.15, -0.1) is 0 Å². The molecule has 1 heterocycles. The van der Waals surface area contributed by atoms with Crippen molar-refractivity contribution in [2.45, 2.75) is 19.9 Å². The van der Waals surface area contributed by atoms with Gasteiger partial charge < -0.3 is 14.8 Å². The molecule has 1 amide bonds. The summed E-state index contributed by atoms with van der Waals surface area (Å²) in [5.74, 6) is 0.922. The molecule has 2 rings (SSSR count). The number of carbonyl (C=O) groups excluding carboxylic acids is 1. The van der Waals surface area contributed by atoms with Gasteiger partial charge in [-0.1, -0.05) is 13.0 Å². The van der Waals surface area contributed by atoms with Crippen molar-refractivity contribution < 1.29 is 14.3 Å². The minimum Gasteiger partial charge on any atom is -0.493 e. The molecular formula is C16H19N3O4. The van der Waals surface area contributed by atoms with Crippen molar-refractivity contribution in [3.05, 3.63) is 51.9 Å². The number of aromatic amines is 1. The zero-order valence-corrected chi connectivity index (χ0v) is 13.1. The Hall–Kier alpha value is -2.83. The molecule has 0 aliphatic heterocycles. The summed E-state index contributed by atoms with van der Waals surface area (Å²) in [4.78, 5) is 22.9. The zero-order valence-electron chi connectivity index (χ0n) is 13.1. The van der Waals surface area contributed by atoms with Crippen LogP contribution in [0.3, 0.4) is 0 Å². The molecule has 0 spiro atoms. The normalized spacial score (nSPS) is 10.2. The van der Waals surface area contributed by atoms with Crippen LogP contribution in [0.5, 0.6) is 11.5 Å². The van der Waals surface area contributed by atoms with E-state index in [1.54, 1.807) is 7.11 Å². The molecule has 1 aromatic heterocycles. The molecule has 0 bridgehead atoms. The first-order valence-electron chi connectivity index (χ1n) is 7.27. The minimum atomic E-state index is -0.369. The van der Waals surface area contributed by atoms with Crippen molar-refractivity contribution in [1.82, 2.24) is 15.5 Å². The van der Waals surface area contributed by atoms with Crippen LogP contribution in [-0.4, -0.2) is 29.8 Å². The van der Waals surface area contributed by atoms with Crippen molar-refractivity contribution in [3.8, 4) is 11.5 Å². The maximum atomic E-state index is 11.9. The average Bonchev–Trinajstić information content (AvgIpc) is 2.58. The van der Waals surface area contributed by atoms with Crippen LogP contribution in [0.25, 0.3) is 0 Å². The van der Waals surface area contributed by atoms with E-state index < -0.39 is 0 Å². The van der Waals surface area contributed by atoms with Gasteiger partial charge in [0.1, 0.15) is 5.69 Å². The van der Waals surface area contributed by atoms with Gasteiger partial charge in [0.15, 0.2) is 11.5 Å². The molecule has 0 saturated heterocycles. The predicted octanol–water partition coefficient (Wildman–Crippen LogP) is 1.50. The van der Waals surface area contributed by atoms with Crippen molar-refractivity contribution >= 4 is 5.91 Å². The second kappa shape index (κ2) is 7.98. The van der Waals surface area contributed by atoms with Crippen molar-refractivity contribution in [3.63, 3.8) is 0 Å². The van der Waals surface area contributed by atoms with E-state index in [2.05, 4.69) is 15.5 Å². The maximum Gasteiger partial charge on any atom is 0.271 e. The highest BCUT2D eigenvalue weighted by Gasteiger charge is 2.09. The summed E-state index contributed by atoms with van der Waals surface area (Å²) in [6.45, 7) is 2.95. The van der Waals surface area contributed by atoms with Crippen molar-refractivity contribution in [2.75, 3.05) is 13.7 Å². The Morgan fingerprint density at radius 3 is 2.74 bits per heavy atom. The SMILES string of the molecule is CCCOc1ccc(CNC(=O)c2ccc(=O)[nH]n2)cc1OC. The van der Waals surface area contributed by atoms with Gasteiger partial charge in [0.05, 0.1) is 13.7 Å². The zero-order chi connectivity index (χ0) is 16.7. The van der Waals surface area contributed by atoms with Gasteiger partial charge in [-0.2, -0.15) is 5.10 Å². The molecule has 0 unspecified atom stereocenters. The summed E-state index contributed by atoms with van der Waals surface area (Å²) in [6.07, 6.45) is 0.910. The number of carbonyl (C=O) groups is 1. The molecule has 0 aliphatic carbocycles. The molecular weight excluding hydrogens is 298 g/mol. The lowest BCUT2D eigenvalue weighted by Gasteiger charge is -2.12. The van der Waals surface area contributed by atoms with Crippen LogP contribution in [0.15, 0.2) is 35.1 Å². The highest BCUT2D eigenvalue weighted by molar-refractivity contribution is 5.91. The number of nitrogens with zero attached hydrogens (tertiary/aromatic N) is 1. The fourth-order valence-electron chi connectivity index (χ4n) is 1.90. The largest absolute Gasteiger partial charge is 0.493 e. The second-order valence-electron chi connectivity index (χ2n) is 4.82. The van der Waals surface area contributed by atoms with Crippen LogP contribution in [0.2, 0.25) is 0 Å².